The molecular formula is C12H22O13. The van der Waals surface area contributed by atoms with Crippen molar-refractivity contribution in [3.63, 3.8) is 0 Å². The van der Waals surface area contributed by atoms with Gasteiger partial charge in [0.25, 0.3) is 0 Å². The first-order valence-electron chi connectivity index (χ1n) is 6.24. The smallest absolute Gasteiger partial charge is 0.438 e. The van der Waals surface area contributed by atoms with Crippen LogP contribution in [0.25, 0.3) is 0 Å². The molecule has 0 bridgehead atoms. The average Bonchev–Trinajstić information content (AvgIpc) is 2.61. The molecule has 0 aromatic heterocycles. The van der Waals surface area contributed by atoms with Gasteiger partial charge in [0.05, 0.1) is 28.4 Å². The zero-order chi connectivity index (χ0) is 18.8. The van der Waals surface area contributed by atoms with Crippen molar-refractivity contribution in [1.29, 1.82) is 0 Å². The van der Waals surface area contributed by atoms with Crippen LogP contribution in [0.3, 0.4) is 0 Å². The first-order chi connectivity index (χ1) is 11.4. The van der Waals surface area contributed by atoms with Crippen molar-refractivity contribution in [2.75, 3.05) is 54.9 Å². The largest absolute Gasteiger partial charge is 0.508 e. The number of hydrogen-bond acceptors (Lipinski definition) is 12. The summed E-state index contributed by atoms with van der Waals surface area (Å²) < 4.78 is 34.2. The number of rotatable bonds is 6. The molecule has 13 nitrogen and oxygen atoms in total. The van der Waals surface area contributed by atoms with E-state index in [2.05, 4.69) is 37.9 Å². The summed E-state index contributed by atoms with van der Waals surface area (Å²) in [7, 11) is 4.74. The molecule has 0 radical (unpaired) electrons. The summed E-state index contributed by atoms with van der Waals surface area (Å²) in [5, 5.41) is 0. The van der Waals surface area contributed by atoms with Gasteiger partial charge in [0.15, 0.2) is 0 Å². The predicted octanol–water partition coefficient (Wildman–Crippen LogP) is 0.280. The maximum Gasteiger partial charge on any atom is 0.508 e. The van der Waals surface area contributed by atoms with Gasteiger partial charge in [0, 0.05) is 0 Å². The summed E-state index contributed by atoms with van der Waals surface area (Å²) in [6.07, 6.45) is -3.26. The molecule has 0 saturated carbocycles. The number of hydrogen-bond donors (Lipinski definition) is 0. The van der Waals surface area contributed by atoms with Crippen LogP contribution in [0.2, 0.25) is 0 Å². The van der Waals surface area contributed by atoms with E-state index < -0.39 is 24.6 Å². The Morgan fingerprint density at radius 2 is 0.640 bits per heavy atom. The van der Waals surface area contributed by atoms with Gasteiger partial charge in [0.1, 0.15) is 26.4 Å². The Kier molecular flexibility index (Phi) is 20.5. The fraction of sp³-hybridized carbons (Fsp3) is 0.667. The van der Waals surface area contributed by atoms with Crippen LogP contribution in [-0.4, -0.2) is 85.0 Å². The number of carbonyl (C=O) groups is 4. The summed E-state index contributed by atoms with van der Waals surface area (Å²) in [5.74, 6) is 0. The fourth-order valence-corrected chi connectivity index (χ4v) is 0.736. The van der Waals surface area contributed by atoms with Crippen LogP contribution in [0.4, 0.5) is 19.2 Å². The van der Waals surface area contributed by atoms with Crippen LogP contribution < -0.4 is 0 Å². The molecule has 0 amide bonds. The molecule has 2 N–H and O–H groups in total. The Morgan fingerprint density at radius 3 is 0.760 bits per heavy atom. The molecule has 0 spiro atoms. The van der Waals surface area contributed by atoms with Crippen LogP contribution in [0.1, 0.15) is 0 Å². The fourth-order valence-electron chi connectivity index (χ4n) is 0.736. The van der Waals surface area contributed by atoms with Crippen LogP contribution in [-0.2, 0) is 37.9 Å². The Hall–Kier alpha value is -2.96. The van der Waals surface area contributed by atoms with Crippen molar-refractivity contribution in [2.45, 2.75) is 0 Å². The molecule has 0 aromatic carbocycles. The van der Waals surface area contributed by atoms with E-state index in [9.17, 15) is 19.2 Å². The van der Waals surface area contributed by atoms with Crippen molar-refractivity contribution in [3.8, 4) is 0 Å². The third-order valence-corrected chi connectivity index (χ3v) is 1.71. The van der Waals surface area contributed by atoms with Gasteiger partial charge >= 0.3 is 24.6 Å². The molecule has 0 fully saturated rings. The first-order valence-corrected chi connectivity index (χ1v) is 6.24. The predicted molar refractivity (Wildman–Crippen MR) is 77.0 cm³/mol. The average molecular weight is 374 g/mol. The SMILES string of the molecule is COC(=O)OCCOC(=O)OC.COC(=O)OCCOC(=O)OC.O. The molecule has 0 aromatic rings. The number of carbonyl (C=O) groups excluding carboxylic acids is 4. The summed E-state index contributed by atoms with van der Waals surface area (Å²) >= 11 is 0. The molecule has 0 aliphatic rings. The zero-order valence-electron chi connectivity index (χ0n) is 14.2. The van der Waals surface area contributed by atoms with E-state index in [0.29, 0.717) is 0 Å². The van der Waals surface area contributed by atoms with Gasteiger partial charge in [-0.2, -0.15) is 0 Å². The molecule has 0 rings (SSSR count). The minimum Gasteiger partial charge on any atom is -0.438 e. The molecule has 0 aliphatic heterocycles. The topological polar surface area (TPSA) is 174 Å². The Bertz CT molecular complexity index is 309. The first kappa shape index (κ1) is 26.9. The molecule has 13 heteroatoms. The minimum atomic E-state index is -0.816. The van der Waals surface area contributed by atoms with Gasteiger partial charge in [-0.3, -0.25) is 0 Å². The second kappa shape index (κ2) is 19.1. The van der Waals surface area contributed by atoms with E-state index in [1.165, 1.54) is 28.4 Å². The second-order valence-electron chi connectivity index (χ2n) is 3.21. The molecule has 25 heavy (non-hydrogen) atoms. The lowest BCUT2D eigenvalue weighted by molar-refractivity contribution is 0.0322. The van der Waals surface area contributed by atoms with Crippen molar-refractivity contribution in [3.05, 3.63) is 0 Å². The van der Waals surface area contributed by atoms with Gasteiger partial charge < -0.3 is 43.4 Å². The van der Waals surface area contributed by atoms with E-state index in [-0.39, 0.29) is 31.9 Å². The molecular weight excluding hydrogens is 352 g/mol. The molecule has 0 unspecified atom stereocenters. The standard InChI is InChI=1S/2C6H10O6.H2O/c2*1-9-5(7)11-3-4-12-6(8)10-2;/h2*3-4H2,1-2H3;1H2. The van der Waals surface area contributed by atoms with E-state index >= 15 is 0 Å². The normalized spacial score (nSPS) is 8.16. The third kappa shape index (κ3) is 21.0. The Balaban J connectivity index is -0.000000372. The van der Waals surface area contributed by atoms with Crippen LogP contribution >= 0.6 is 0 Å². The van der Waals surface area contributed by atoms with Gasteiger partial charge in [-0.1, -0.05) is 0 Å². The third-order valence-electron chi connectivity index (χ3n) is 1.71. The summed E-state index contributed by atoms with van der Waals surface area (Å²) in [5.41, 5.74) is 0. The zero-order valence-corrected chi connectivity index (χ0v) is 14.2. The Morgan fingerprint density at radius 1 is 0.480 bits per heavy atom. The molecule has 0 aliphatic carbocycles. The highest BCUT2D eigenvalue weighted by Crippen LogP contribution is 1.86. The monoisotopic (exact) mass is 374 g/mol. The van der Waals surface area contributed by atoms with Gasteiger partial charge in [-0.05, 0) is 0 Å². The summed E-state index contributed by atoms with van der Waals surface area (Å²) in [6.45, 7) is -0.215. The molecule has 0 atom stereocenters. The van der Waals surface area contributed by atoms with E-state index in [1.54, 1.807) is 0 Å². The summed E-state index contributed by atoms with van der Waals surface area (Å²) in [6, 6.07) is 0. The van der Waals surface area contributed by atoms with E-state index in [0.717, 1.165) is 0 Å². The van der Waals surface area contributed by atoms with E-state index in [4.69, 9.17) is 0 Å². The lowest BCUT2D eigenvalue weighted by Gasteiger charge is -2.03. The number of ether oxygens (including phenoxy) is 8. The maximum atomic E-state index is 10.3. The van der Waals surface area contributed by atoms with Gasteiger partial charge in [0.2, 0.25) is 0 Å². The van der Waals surface area contributed by atoms with Crippen LogP contribution in [0.5, 0.6) is 0 Å². The van der Waals surface area contributed by atoms with Crippen LogP contribution in [0, 0.1) is 0 Å². The number of methoxy groups -OCH3 is 4. The highest BCUT2D eigenvalue weighted by atomic mass is 16.8. The molecule has 148 valence electrons. The van der Waals surface area contributed by atoms with Gasteiger partial charge in [-0.25, -0.2) is 19.2 Å². The van der Waals surface area contributed by atoms with Crippen molar-refractivity contribution in [1.82, 2.24) is 0 Å². The highest BCUT2D eigenvalue weighted by molar-refractivity contribution is 5.61. The lowest BCUT2D eigenvalue weighted by Crippen LogP contribution is -2.13. The molecule has 0 saturated heterocycles. The maximum absolute atomic E-state index is 10.3. The molecule has 0 heterocycles. The minimum absolute atomic E-state index is 0. The second-order valence-corrected chi connectivity index (χ2v) is 3.21. The Labute approximate surface area is 143 Å². The van der Waals surface area contributed by atoms with Crippen molar-refractivity contribution >= 4 is 24.6 Å². The van der Waals surface area contributed by atoms with Crippen LogP contribution in [0.15, 0.2) is 0 Å². The van der Waals surface area contributed by atoms with Crippen molar-refractivity contribution < 1.29 is 62.5 Å². The van der Waals surface area contributed by atoms with Gasteiger partial charge in [-0.15, -0.1) is 0 Å². The van der Waals surface area contributed by atoms with E-state index in [1.807, 2.05) is 0 Å². The highest BCUT2D eigenvalue weighted by Gasteiger charge is 2.03. The van der Waals surface area contributed by atoms with Crippen molar-refractivity contribution in [2.24, 2.45) is 0 Å². The quantitative estimate of drug-likeness (QED) is 0.353. The summed E-state index contributed by atoms with van der Waals surface area (Å²) in [4.78, 5) is 41.2. The lowest BCUT2D eigenvalue weighted by atomic mass is 10.8.